The molecule has 2 aromatic carbocycles. The van der Waals surface area contributed by atoms with Gasteiger partial charge in [0.1, 0.15) is 17.4 Å². The van der Waals surface area contributed by atoms with Crippen molar-refractivity contribution in [1.82, 2.24) is 9.97 Å². The summed E-state index contributed by atoms with van der Waals surface area (Å²) < 4.78 is 24.6. The van der Waals surface area contributed by atoms with Crippen LogP contribution >= 0.6 is 11.6 Å². The Morgan fingerprint density at radius 2 is 1.75 bits per heavy atom. The molecule has 0 spiro atoms. The molecule has 3 N–H and O–H groups in total. The normalized spacial score (nSPS) is 10.8. The van der Waals surface area contributed by atoms with Crippen LogP contribution in [0.2, 0.25) is 5.02 Å². The van der Waals surface area contributed by atoms with Crippen molar-refractivity contribution < 1.29 is 19.0 Å². The molecule has 0 amide bonds. The number of aromatic hydroxyl groups is 1. The van der Waals surface area contributed by atoms with Gasteiger partial charge in [-0.2, -0.15) is 0 Å². The number of nitrogens with two attached hydrogens (primary N) is 1. The fourth-order valence-corrected chi connectivity index (χ4v) is 2.47. The Balaban J connectivity index is 2.26. The second-order valence-corrected chi connectivity index (χ2v) is 5.35. The van der Waals surface area contributed by atoms with Crippen LogP contribution < -0.4 is 15.2 Å². The molecule has 124 valence electrons. The van der Waals surface area contributed by atoms with Crippen LogP contribution in [-0.4, -0.2) is 29.3 Å². The molecule has 3 aromatic rings. The lowest BCUT2D eigenvalue weighted by molar-refractivity contribution is 0.356. The van der Waals surface area contributed by atoms with Crippen LogP contribution in [0.4, 0.5) is 10.2 Å². The number of nitrogen functional groups attached to an aromatic ring is 1. The molecule has 0 unspecified atom stereocenters. The van der Waals surface area contributed by atoms with Gasteiger partial charge in [0.2, 0.25) is 0 Å². The third-order valence-electron chi connectivity index (χ3n) is 3.51. The van der Waals surface area contributed by atoms with Crippen molar-refractivity contribution in [3.63, 3.8) is 0 Å². The monoisotopic (exact) mass is 349 g/mol. The number of aromatic nitrogens is 2. The average molecular weight is 350 g/mol. The van der Waals surface area contributed by atoms with E-state index in [0.29, 0.717) is 22.4 Å². The van der Waals surface area contributed by atoms with Crippen LogP contribution in [0.5, 0.6) is 17.2 Å². The lowest BCUT2D eigenvalue weighted by atomic mass is 10.1. The number of nitrogens with zero attached hydrogens (tertiary/aromatic N) is 2. The molecule has 6 nitrogen and oxygen atoms in total. The molecule has 0 aliphatic heterocycles. The molecule has 0 atom stereocenters. The number of fused-ring (bicyclic) bond motifs is 1. The highest BCUT2D eigenvalue weighted by atomic mass is 35.5. The molecule has 0 aliphatic carbocycles. The van der Waals surface area contributed by atoms with Crippen molar-refractivity contribution in [2.24, 2.45) is 0 Å². The van der Waals surface area contributed by atoms with Crippen molar-refractivity contribution >= 4 is 28.3 Å². The van der Waals surface area contributed by atoms with Gasteiger partial charge >= 0.3 is 0 Å². The van der Waals surface area contributed by atoms with E-state index in [2.05, 4.69) is 9.97 Å². The molecule has 0 radical (unpaired) electrons. The molecule has 1 aromatic heterocycles. The molecule has 0 saturated heterocycles. The van der Waals surface area contributed by atoms with Gasteiger partial charge < -0.3 is 20.3 Å². The molecule has 0 aliphatic rings. The van der Waals surface area contributed by atoms with Crippen LogP contribution in [-0.2, 0) is 0 Å². The lowest BCUT2D eigenvalue weighted by Gasteiger charge is -2.11. The summed E-state index contributed by atoms with van der Waals surface area (Å²) in [6.45, 7) is 0. The minimum Gasteiger partial charge on any atom is -0.506 e. The van der Waals surface area contributed by atoms with Gasteiger partial charge in [-0.1, -0.05) is 11.6 Å². The Kier molecular flexibility index (Phi) is 4.02. The van der Waals surface area contributed by atoms with Crippen molar-refractivity contribution in [2.45, 2.75) is 0 Å². The molecular formula is C16H13ClFN3O3. The zero-order valence-corrected chi connectivity index (χ0v) is 13.6. The van der Waals surface area contributed by atoms with E-state index in [4.69, 9.17) is 26.8 Å². The van der Waals surface area contributed by atoms with Crippen molar-refractivity contribution in [2.75, 3.05) is 20.0 Å². The zero-order valence-electron chi connectivity index (χ0n) is 12.8. The first-order valence-corrected chi connectivity index (χ1v) is 7.20. The van der Waals surface area contributed by atoms with Crippen LogP contribution in [0.1, 0.15) is 0 Å². The molecule has 1 heterocycles. The minimum atomic E-state index is -0.712. The maximum atomic E-state index is 14.1. The van der Waals surface area contributed by atoms with E-state index in [1.54, 1.807) is 12.1 Å². The van der Waals surface area contributed by atoms with Gasteiger partial charge in [0, 0.05) is 17.5 Å². The minimum absolute atomic E-state index is 0.0130. The topological polar surface area (TPSA) is 90.5 Å². The molecular weight excluding hydrogens is 337 g/mol. The summed E-state index contributed by atoms with van der Waals surface area (Å²) in [7, 11) is 3.00. The van der Waals surface area contributed by atoms with Gasteiger partial charge in [-0.3, -0.25) is 0 Å². The highest BCUT2D eigenvalue weighted by molar-refractivity contribution is 6.32. The number of phenols is 1. The SMILES string of the molecule is COc1cc2nc(-c3cc(Cl)c(O)cc3F)nc(N)c2cc1OC. The summed E-state index contributed by atoms with van der Waals surface area (Å²) in [6, 6.07) is 5.41. The molecule has 8 heteroatoms. The number of halogens is 2. The number of phenolic OH excluding ortho intramolecular Hbond substituents is 1. The van der Waals surface area contributed by atoms with Gasteiger partial charge in [-0.25, -0.2) is 14.4 Å². The van der Waals surface area contributed by atoms with Crippen LogP contribution in [0.25, 0.3) is 22.3 Å². The van der Waals surface area contributed by atoms with Crippen LogP contribution in [0, 0.1) is 5.82 Å². The Labute approximate surface area is 141 Å². The lowest BCUT2D eigenvalue weighted by Crippen LogP contribution is -2.00. The number of benzene rings is 2. The largest absolute Gasteiger partial charge is 0.506 e. The molecule has 24 heavy (non-hydrogen) atoms. The third-order valence-corrected chi connectivity index (χ3v) is 3.81. The maximum absolute atomic E-state index is 14.1. The summed E-state index contributed by atoms with van der Waals surface area (Å²) in [6.07, 6.45) is 0. The summed E-state index contributed by atoms with van der Waals surface area (Å²) >= 11 is 5.84. The van der Waals surface area contributed by atoms with Gasteiger partial charge in [0.25, 0.3) is 0 Å². The van der Waals surface area contributed by atoms with Crippen molar-refractivity contribution in [3.05, 3.63) is 35.1 Å². The van der Waals surface area contributed by atoms with E-state index in [1.807, 2.05) is 0 Å². The smallest absolute Gasteiger partial charge is 0.165 e. The highest BCUT2D eigenvalue weighted by Gasteiger charge is 2.16. The molecule has 0 saturated carbocycles. The predicted octanol–water partition coefficient (Wildman–Crippen LogP) is 3.39. The van der Waals surface area contributed by atoms with E-state index in [-0.39, 0.29) is 28.0 Å². The zero-order chi connectivity index (χ0) is 17.4. The second kappa shape index (κ2) is 6.01. The highest BCUT2D eigenvalue weighted by Crippen LogP contribution is 2.36. The quantitative estimate of drug-likeness (QED) is 0.753. The van der Waals surface area contributed by atoms with E-state index in [1.165, 1.54) is 20.3 Å². The van der Waals surface area contributed by atoms with E-state index < -0.39 is 5.82 Å². The second-order valence-electron chi connectivity index (χ2n) is 4.94. The Hall–Kier alpha value is -2.80. The predicted molar refractivity (Wildman–Crippen MR) is 89.1 cm³/mol. The third kappa shape index (κ3) is 2.63. The fraction of sp³-hybridized carbons (Fsp3) is 0.125. The first-order valence-electron chi connectivity index (χ1n) is 6.82. The Morgan fingerprint density at radius 1 is 1.08 bits per heavy atom. The number of anilines is 1. The average Bonchev–Trinajstić information content (AvgIpc) is 2.56. The maximum Gasteiger partial charge on any atom is 0.165 e. The summed E-state index contributed by atoms with van der Waals surface area (Å²) in [4.78, 5) is 8.44. The number of hydrogen-bond donors (Lipinski definition) is 2. The standard InChI is InChI=1S/C16H13ClFN3O3/c1-23-13-4-8-11(6-14(13)24-2)20-16(21-15(8)19)7-3-9(17)12(22)5-10(7)18/h3-6,22H,1-2H3,(H2,19,20,21). The molecule has 0 bridgehead atoms. The first-order chi connectivity index (χ1) is 11.4. The first kappa shape index (κ1) is 16.1. The van der Waals surface area contributed by atoms with E-state index in [9.17, 15) is 9.50 Å². The van der Waals surface area contributed by atoms with Gasteiger partial charge in [0.05, 0.1) is 30.3 Å². The number of ether oxygens (including phenoxy) is 2. The van der Waals surface area contributed by atoms with E-state index >= 15 is 0 Å². The molecule has 3 rings (SSSR count). The van der Waals surface area contributed by atoms with Gasteiger partial charge in [-0.15, -0.1) is 0 Å². The van der Waals surface area contributed by atoms with Crippen LogP contribution in [0.15, 0.2) is 24.3 Å². The van der Waals surface area contributed by atoms with E-state index in [0.717, 1.165) is 6.07 Å². The number of methoxy groups -OCH3 is 2. The summed E-state index contributed by atoms with van der Waals surface area (Å²) in [5.74, 6) is 0.0607. The van der Waals surface area contributed by atoms with Gasteiger partial charge in [-0.05, 0) is 12.1 Å². The number of rotatable bonds is 3. The number of hydrogen-bond acceptors (Lipinski definition) is 6. The summed E-state index contributed by atoms with van der Waals surface area (Å²) in [5.41, 5.74) is 6.46. The summed E-state index contributed by atoms with van der Waals surface area (Å²) in [5, 5.41) is 9.99. The Morgan fingerprint density at radius 3 is 2.42 bits per heavy atom. The van der Waals surface area contributed by atoms with Crippen molar-refractivity contribution in [3.8, 4) is 28.6 Å². The van der Waals surface area contributed by atoms with Gasteiger partial charge in [0.15, 0.2) is 17.3 Å². The molecule has 0 fully saturated rings. The van der Waals surface area contributed by atoms with Crippen molar-refractivity contribution in [1.29, 1.82) is 0 Å². The fourth-order valence-electron chi connectivity index (χ4n) is 2.31. The Bertz CT molecular complexity index is 950. The van der Waals surface area contributed by atoms with Crippen LogP contribution in [0.3, 0.4) is 0 Å².